The van der Waals surface area contributed by atoms with E-state index in [9.17, 15) is 8.42 Å². The highest BCUT2D eigenvalue weighted by atomic mass is 32.2. The van der Waals surface area contributed by atoms with Crippen LogP contribution in [0.25, 0.3) is 5.69 Å². The van der Waals surface area contributed by atoms with Gasteiger partial charge in [-0.2, -0.15) is 4.68 Å². The average Bonchev–Trinajstić information content (AvgIpc) is 2.76. The fourth-order valence-electron chi connectivity index (χ4n) is 1.59. The van der Waals surface area contributed by atoms with Crippen molar-refractivity contribution in [3.05, 3.63) is 36.2 Å². The Hall–Kier alpha value is -1.80. The smallest absolute Gasteiger partial charge is 0.209 e. The summed E-state index contributed by atoms with van der Waals surface area (Å²) in [5.74, 6) is 0.437. The molecule has 0 aliphatic rings. The lowest BCUT2D eigenvalue weighted by Crippen LogP contribution is -2.27. The number of sulfonamides is 1. The number of nitrogens with one attached hydrogen (secondary N) is 1. The molecule has 96 valence electrons. The van der Waals surface area contributed by atoms with Crippen LogP contribution < -0.4 is 4.72 Å². The van der Waals surface area contributed by atoms with Gasteiger partial charge in [0.25, 0.3) is 0 Å². The number of nitrogens with zero attached hydrogens (tertiary/aromatic N) is 4. The molecular formula is C10H13N5O2S. The molecule has 0 amide bonds. The van der Waals surface area contributed by atoms with Crippen LogP contribution in [0.15, 0.2) is 30.3 Å². The van der Waals surface area contributed by atoms with Crippen molar-refractivity contribution in [2.75, 3.05) is 6.26 Å². The largest absolute Gasteiger partial charge is 0.213 e. The summed E-state index contributed by atoms with van der Waals surface area (Å²) in [4.78, 5) is 0. The van der Waals surface area contributed by atoms with Crippen LogP contribution in [0.2, 0.25) is 0 Å². The molecule has 0 fully saturated rings. The Morgan fingerprint density at radius 2 is 1.94 bits per heavy atom. The molecule has 1 atom stereocenters. The van der Waals surface area contributed by atoms with Gasteiger partial charge in [0, 0.05) is 0 Å². The molecule has 1 N–H and O–H groups in total. The first kappa shape index (κ1) is 12.7. The second-order valence-electron chi connectivity index (χ2n) is 3.90. The molecule has 2 rings (SSSR count). The quantitative estimate of drug-likeness (QED) is 0.859. The van der Waals surface area contributed by atoms with E-state index in [1.807, 2.05) is 30.3 Å². The summed E-state index contributed by atoms with van der Waals surface area (Å²) < 4.78 is 26.3. The first-order valence-corrected chi connectivity index (χ1v) is 7.17. The zero-order chi connectivity index (χ0) is 13.2. The predicted molar refractivity (Wildman–Crippen MR) is 65.5 cm³/mol. The lowest BCUT2D eigenvalue weighted by molar-refractivity contribution is 0.560. The van der Waals surface area contributed by atoms with Gasteiger partial charge in [-0.05, 0) is 29.5 Å². The van der Waals surface area contributed by atoms with Crippen LogP contribution in [0.1, 0.15) is 18.8 Å². The third kappa shape index (κ3) is 2.90. The fraction of sp³-hybridized carbons (Fsp3) is 0.300. The molecule has 0 spiro atoms. The molecule has 0 radical (unpaired) electrons. The summed E-state index contributed by atoms with van der Waals surface area (Å²) in [5, 5.41) is 11.3. The Morgan fingerprint density at radius 3 is 2.56 bits per heavy atom. The van der Waals surface area contributed by atoms with Crippen molar-refractivity contribution < 1.29 is 8.42 Å². The molecule has 18 heavy (non-hydrogen) atoms. The van der Waals surface area contributed by atoms with Gasteiger partial charge in [0.15, 0.2) is 5.82 Å². The second-order valence-corrected chi connectivity index (χ2v) is 5.68. The molecule has 0 unspecified atom stereocenters. The zero-order valence-electron chi connectivity index (χ0n) is 9.98. The highest BCUT2D eigenvalue weighted by Crippen LogP contribution is 2.13. The maximum absolute atomic E-state index is 11.2. The number of aromatic nitrogens is 4. The van der Waals surface area contributed by atoms with Gasteiger partial charge < -0.3 is 0 Å². The SMILES string of the molecule is C[C@H](NS(C)(=O)=O)c1nnnn1-c1ccccc1. The summed E-state index contributed by atoms with van der Waals surface area (Å²) in [5.41, 5.74) is 0.777. The molecule has 1 heterocycles. The molecular weight excluding hydrogens is 254 g/mol. The summed E-state index contributed by atoms with van der Waals surface area (Å²) >= 11 is 0. The Labute approximate surface area is 105 Å². The van der Waals surface area contributed by atoms with E-state index in [1.54, 1.807) is 6.92 Å². The van der Waals surface area contributed by atoms with Crippen LogP contribution in [0, 0.1) is 0 Å². The van der Waals surface area contributed by atoms with E-state index in [2.05, 4.69) is 20.2 Å². The Bertz CT molecular complexity index is 623. The maximum atomic E-state index is 11.2. The molecule has 0 aliphatic carbocycles. The number of hydrogen-bond acceptors (Lipinski definition) is 5. The van der Waals surface area contributed by atoms with Crippen LogP contribution in [-0.2, 0) is 10.0 Å². The van der Waals surface area contributed by atoms with Crippen molar-refractivity contribution >= 4 is 10.0 Å². The second kappa shape index (κ2) is 4.83. The molecule has 7 nitrogen and oxygen atoms in total. The summed E-state index contributed by atoms with van der Waals surface area (Å²) in [6, 6.07) is 8.77. The van der Waals surface area contributed by atoms with Crippen molar-refractivity contribution in [1.82, 2.24) is 24.9 Å². The molecule has 0 saturated carbocycles. The molecule has 2 aromatic rings. The van der Waals surface area contributed by atoms with Crippen LogP contribution >= 0.6 is 0 Å². The highest BCUT2D eigenvalue weighted by Gasteiger charge is 2.18. The minimum atomic E-state index is -3.31. The number of tetrazole rings is 1. The van der Waals surface area contributed by atoms with E-state index in [4.69, 9.17) is 0 Å². The first-order valence-electron chi connectivity index (χ1n) is 5.28. The average molecular weight is 267 g/mol. The van der Waals surface area contributed by atoms with Gasteiger partial charge in [0.05, 0.1) is 18.0 Å². The third-order valence-corrected chi connectivity index (χ3v) is 3.05. The fourth-order valence-corrected chi connectivity index (χ4v) is 2.34. The molecule has 1 aromatic carbocycles. The molecule has 0 saturated heterocycles. The van der Waals surface area contributed by atoms with Gasteiger partial charge in [0.1, 0.15) is 0 Å². The van der Waals surface area contributed by atoms with Crippen molar-refractivity contribution in [3.63, 3.8) is 0 Å². The lowest BCUT2D eigenvalue weighted by Gasteiger charge is -2.11. The Balaban J connectivity index is 2.34. The van der Waals surface area contributed by atoms with Crippen LogP contribution in [0.4, 0.5) is 0 Å². The van der Waals surface area contributed by atoms with E-state index in [0.717, 1.165) is 11.9 Å². The highest BCUT2D eigenvalue weighted by molar-refractivity contribution is 7.88. The first-order chi connectivity index (χ1) is 8.47. The van der Waals surface area contributed by atoms with Crippen LogP contribution in [0.5, 0.6) is 0 Å². The van der Waals surface area contributed by atoms with Crippen molar-refractivity contribution in [2.24, 2.45) is 0 Å². The minimum Gasteiger partial charge on any atom is -0.213 e. The van der Waals surface area contributed by atoms with E-state index < -0.39 is 16.1 Å². The van der Waals surface area contributed by atoms with Crippen molar-refractivity contribution in [3.8, 4) is 5.69 Å². The molecule has 0 bridgehead atoms. The van der Waals surface area contributed by atoms with Crippen molar-refractivity contribution in [2.45, 2.75) is 13.0 Å². The van der Waals surface area contributed by atoms with Gasteiger partial charge >= 0.3 is 0 Å². The number of hydrogen-bond donors (Lipinski definition) is 1. The van der Waals surface area contributed by atoms with Gasteiger partial charge in [0.2, 0.25) is 10.0 Å². The summed E-state index contributed by atoms with van der Waals surface area (Å²) in [7, 11) is -3.31. The Morgan fingerprint density at radius 1 is 1.28 bits per heavy atom. The van der Waals surface area contributed by atoms with Gasteiger partial charge in [-0.3, -0.25) is 0 Å². The van der Waals surface area contributed by atoms with E-state index in [0.29, 0.717) is 5.82 Å². The summed E-state index contributed by atoms with van der Waals surface area (Å²) in [6.07, 6.45) is 1.10. The lowest BCUT2D eigenvalue weighted by atomic mass is 10.3. The third-order valence-electron chi connectivity index (χ3n) is 2.27. The normalized spacial score (nSPS) is 13.4. The number of rotatable bonds is 4. The Kier molecular flexibility index (Phi) is 3.39. The molecule has 0 aliphatic heterocycles. The van der Waals surface area contributed by atoms with Crippen LogP contribution in [0.3, 0.4) is 0 Å². The summed E-state index contributed by atoms with van der Waals surface area (Å²) in [6.45, 7) is 1.69. The number of para-hydroxylation sites is 1. The minimum absolute atomic E-state index is 0.437. The predicted octanol–water partition coefficient (Wildman–Crippen LogP) is 0.272. The zero-order valence-corrected chi connectivity index (χ0v) is 10.8. The standard InChI is InChI=1S/C10H13N5O2S/c1-8(12-18(2,16)17)10-11-13-14-15(10)9-6-4-3-5-7-9/h3-8,12H,1-2H3/t8-/m0/s1. The van der Waals surface area contributed by atoms with E-state index in [1.165, 1.54) is 4.68 Å². The van der Waals surface area contributed by atoms with Gasteiger partial charge in [-0.1, -0.05) is 18.2 Å². The van der Waals surface area contributed by atoms with Crippen LogP contribution in [-0.4, -0.2) is 34.9 Å². The topological polar surface area (TPSA) is 89.8 Å². The van der Waals surface area contributed by atoms with E-state index >= 15 is 0 Å². The maximum Gasteiger partial charge on any atom is 0.209 e. The number of benzene rings is 1. The van der Waals surface area contributed by atoms with Gasteiger partial charge in [-0.25, -0.2) is 13.1 Å². The van der Waals surface area contributed by atoms with Gasteiger partial charge in [-0.15, -0.1) is 5.10 Å². The monoisotopic (exact) mass is 267 g/mol. The van der Waals surface area contributed by atoms with Crippen molar-refractivity contribution in [1.29, 1.82) is 0 Å². The van der Waals surface area contributed by atoms with E-state index in [-0.39, 0.29) is 0 Å². The molecule has 1 aromatic heterocycles. The molecule has 8 heteroatoms.